The zero-order valence-electron chi connectivity index (χ0n) is 9.88. The molecule has 2 heterocycles. The lowest BCUT2D eigenvalue weighted by atomic mass is 10.2. The van der Waals surface area contributed by atoms with Crippen LogP contribution in [0.15, 0.2) is 59.2 Å². The highest BCUT2D eigenvalue weighted by molar-refractivity contribution is 9.10. The van der Waals surface area contributed by atoms with Crippen molar-refractivity contribution in [3.8, 4) is 11.3 Å². The smallest absolute Gasteiger partial charge is 0.195 e. The van der Waals surface area contributed by atoms with Gasteiger partial charge in [-0.25, -0.2) is 4.98 Å². The van der Waals surface area contributed by atoms with Gasteiger partial charge in [0, 0.05) is 16.2 Å². The summed E-state index contributed by atoms with van der Waals surface area (Å²) in [6.07, 6.45) is 2.11. The van der Waals surface area contributed by atoms with E-state index in [1.165, 1.54) is 10.2 Å². The first-order chi connectivity index (χ1) is 9.31. The van der Waals surface area contributed by atoms with E-state index in [0.717, 1.165) is 20.7 Å². The first-order valence-corrected chi connectivity index (χ1v) is 7.55. The van der Waals surface area contributed by atoms with Crippen molar-refractivity contribution in [3.05, 3.63) is 59.2 Å². The number of imidazole rings is 1. The third kappa shape index (κ3) is 1.79. The monoisotopic (exact) mass is 328 g/mol. The highest BCUT2D eigenvalue weighted by atomic mass is 79.9. The second-order valence-corrected chi connectivity index (χ2v) is 6.28. The summed E-state index contributed by atoms with van der Waals surface area (Å²) in [5.74, 6) is 0. The summed E-state index contributed by atoms with van der Waals surface area (Å²) >= 11 is 5.22. The van der Waals surface area contributed by atoms with Gasteiger partial charge in [-0.2, -0.15) is 0 Å². The molecule has 19 heavy (non-hydrogen) atoms. The van der Waals surface area contributed by atoms with Crippen LogP contribution in [0.2, 0.25) is 0 Å². The highest BCUT2D eigenvalue weighted by Crippen LogP contribution is 2.29. The van der Waals surface area contributed by atoms with Gasteiger partial charge < -0.3 is 0 Å². The van der Waals surface area contributed by atoms with E-state index < -0.39 is 0 Å². The van der Waals surface area contributed by atoms with E-state index in [1.807, 2.05) is 12.1 Å². The van der Waals surface area contributed by atoms with Crippen LogP contribution in [0.5, 0.6) is 0 Å². The second kappa shape index (κ2) is 4.18. The van der Waals surface area contributed by atoms with E-state index in [2.05, 4.69) is 62.9 Å². The normalized spacial score (nSPS) is 11.4. The Morgan fingerprint density at radius 3 is 2.84 bits per heavy atom. The molecule has 0 saturated heterocycles. The molecule has 0 aliphatic rings. The molecule has 2 aromatic heterocycles. The number of thiazole rings is 1. The van der Waals surface area contributed by atoms with Crippen molar-refractivity contribution >= 4 is 42.4 Å². The fourth-order valence-corrected chi connectivity index (χ4v) is 3.64. The van der Waals surface area contributed by atoms with Crippen LogP contribution in [0.25, 0.3) is 26.4 Å². The van der Waals surface area contributed by atoms with Crippen LogP contribution in [0.4, 0.5) is 0 Å². The molecule has 0 N–H and O–H groups in total. The topological polar surface area (TPSA) is 17.3 Å². The van der Waals surface area contributed by atoms with E-state index in [1.54, 1.807) is 11.3 Å². The maximum Gasteiger partial charge on any atom is 0.195 e. The van der Waals surface area contributed by atoms with E-state index in [0.29, 0.717) is 0 Å². The van der Waals surface area contributed by atoms with Gasteiger partial charge in [0.25, 0.3) is 0 Å². The lowest BCUT2D eigenvalue weighted by Crippen LogP contribution is -1.77. The molecule has 0 saturated carbocycles. The number of nitrogens with zero attached hydrogens (tertiary/aromatic N) is 2. The molecule has 92 valence electrons. The van der Waals surface area contributed by atoms with Crippen molar-refractivity contribution in [2.45, 2.75) is 0 Å². The minimum absolute atomic E-state index is 1.01. The molecule has 0 aliphatic heterocycles. The minimum Gasteiger partial charge on any atom is -0.290 e. The standard InChI is InChI=1S/C15H9BrN2S/c16-11-5-3-4-10(8-11)12-9-18-13-6-1-2-7-14(13)19-15(18)17-12/h1-9H. The minimum atomic E-state index is 1.01. The Kier molecular flexibility index (Phi) is 2.47. The van der Waals surface area contributed by atoms with Crippen LogP contribution in [-0.4, -0.2) is 9.38 Å². The van der Waals surface area contributed by atoms with Crippen molar-refractivity contribution in [1.29, 1.82) is 0 Å². The highest BCUT2D eigenvalue weighted by Gasteiger charge is 2.09. The van der Waals surface area contributed by atoms with Crippen molar-refractivity contribution < 1.29 is 0 Å². The molecule has 4 heteroatoms. The van der Waals surface area contributed by atoms with Gasteiger partial charge in [-0.3, -0.25) is 4.40 Å². The van der Waals surface area contributed by atoms with Gasteiger partial charge in [0.2, 0.25) is 0 Å². The van der Waals surface area contributed by atoms with Crippen LogP contribution in [-0.2, 0) is 0 Å². The first-order valence-electron chi connectivity index (χ1n) is 5.94. The number of aromatic nitrogens is 2. The van der Waals surface area contributed by atoms with Crippen LogP contribution < -0.4 is 0 Å². The molecule has 0 amide bonds. The molecule has 0 radical (unpaired) electrons. The Hall–Kier alpha value is -1.65. The number of rotatable bonds is 1. The van der Waals surface area contributed by atoms with Crippen molar-refractivity contribution in [1.82, 2.24) is 9.38 Å². The molecule has 0 fully saturated rings. The SMILES string of the molecule is Brc1cccc(-c2cn3c(n2)sc2ccccc23)c1. The molecule has 0 spiro atoms. The Balaban J connectivity index is 1.97. The average molecular weight is 329 g/mol. The van der Waals surface area contributed by atoms with Gasteiger partial charge in [-0.1, -0.05) is 51.5 Å². The Morgan fingerprint density at radius 2 is 1.95 bits per heavy atom. The largest absolute Gasteiger partial charge is 0.290 e. The predicted molar refractivity (Wildman–Crippen MR) is 83.7 cm³/mol. The molecular weight excluding hydrogens is 320 g/mol. The van der Waals surface area contributed by atoms with E-state index in [9.17, 15) is 0 Å². The molecule has 4 aromatic rings. The number of halogens is 1. The number of hydrogen-bond donors (Lipinski definition) is 0. The fraction of sp³-hybridized carbons (Fsp3) is 0. The van der Waals surface area contributed by atoms with Gasteiger partial charge in [-0.15, -0.1) is 0 Å². The average Bonchev–Trinajstić information content (AvgIpc) is 2.96. The summed E-state index contributed by atoms with van der Waals surface area (Å²) in [6.45, 7) is 0. The van der Waals surface area contributed by atoms with Gasteiger partial charge >= 0.3 is 0 Å². The molecule has 0 bridgehead atoms. The Bertz CT molecular complexity index is 891. The van der Waals surface area contributed by atoms with Gasteiger partial charge in [-0.05, 0) is 24.3 Å². The van der Waals surface area contributed by atoms with Crippen LogP contribution in [0.1, 0.15) is 0 Å². The summed E-state index contributed by atoms with van der Waals surface area (Å²) in [6, 6.07) is 16.6. The van der Waals surface area contributed by atoms with Crippen LogP contribution >= 0.6 is 27.3 Å². The molecule has 2 nitrogen and oxygen atoms in total. The maximum atomic E-state index is 4.72. The number of hydrogen-bond acceptors (Lipinski definition) is 2. The summed E-state index contributed by atoms with van der Waals surface area (Å²) in [5, 5.41) is 0. The molecule has 0 unspecified atom stereocenters. The predicted octanol–water partition coefficient (Wildman–Crippen LogP) is 4.98. The maximum absolute atomic E-state index is 4.72. The third-order valence-corrected chi connectivity index (χ3v) is 4.65. The molecular formula is C15H9BrN2S. The first kappa shape index (κ1) is 11.2. The van der Waals surface area contributed by atoms with Crippen molar-refractivity contribution in [2.24, 2.45) is 0 Å². The Morgan fingerprint density at radius 1 is 1.05 bits per heavy atom. The zero-order valence-corrected chi connectivity index (χ0v) is 12.3. The van der Waals surface area contributed by atoms with Crippen LogP contribution in [0, 0.1) is 0 Å². The van der Waals surface area contributed by atoms with Gasteiger partial charge in [0.1, 0.15) is 0 Å². The summed E-state index contributed by atoms with van der Waals surface area (Å²) in [7, 11) is 0. The second-order valence-electron chi connectivity index (χ2n) is 4.36. The number of benzene rings is 2. The molecule has 4 rings (SSSR count). The van der Waals surface area contributed by atoms with Gasteiger partial charge in [0.15, 0.2) is 4.96 Å². The number of fused-ring (bicyclic) bond motifs is 3. The lowest BCUT2D eigenvalue weighted by Gasteiger charge is -1.96. The van der Waals surface area contributed by atoms with E-state index in [-0.39, 0.29) is 0 Å². The molecule has 0 aliphatic carbocycles. The van der Waals surface area contributed by atoms with Gasteiger partial charge in [0.05, 0.1) is 15.9 Å². The Labute approximate surface area is 122 Å². The van der Waals surface area contributed by atoms with E-state index in [4.69, 9.17) is 4.98 Å². The quantitative estimate of drug-likeness (QED) is 0.481. The molecule has 0 atom stereocenters. The van der Waals surface area contributed by atoms with Crippen molar-refractivity contribution in [2.75, 3.05) is 0 Å². The lowest BCUT2D eigenvalue weighted by molar-refractivity contribution is 1.30. The van der Waals surface area contributed by atoms with Crippen molar-refractivity contribution in [3.63, 3.8) is 0 Å². The number of para-hydroxylation sites is 1. The summed E-state index contributed by atoms with van der Waals surface area (Å²) < 4.78 is 4.51. The zero-order chi connectivity index (χ0) is 12.8. The summed E-state index contributed by atoms with van der Waals surface area (Å²) in [5.41, 5.74) is 3.36. The summed E-state index contributed by atoms with van der Waals surface area (Å²) in [4.78, 5) is 5.76. The van der Waals surface area contributed by atoms with E-state index >= 15 is 0 Å². The third-order valence-electron chi connectivity index (χ3n) is 3.12. The fourth-order valence-electron chi connectivity index (χ4n) is 2.24. The molecule has 2 aromatic carbocycles. The van der Waals surface area contributed by atoms with Crippen LogP contribution in [0.3, 0.4) is 0 Å².